The molecule has 1 saturated carbocycles. The van der Waals surface area contributed by atoms with Crippen LogP contribution in [0.4, 0.5) is 9.18 Å². The predicted molar refractivity (Wildman–Crippen MR) is 85.9 cm³/mol. The molecule has 22 heavy (non-hydrogen) atoms. The Morgan fingerprint density at radius 2 is 2.09 bits per heavy atom. The van der Waals surface area contributed by atoms with Crippen molar-refractivity contribution < 1.29 is 18.7 Å². The van der Waals surface area contributed by atoms with Gasteiger partial charge in [-0.3, -0.25) is 0 Å². The topological polar surface area (TPSA) is 47.6 Å². The Hall–Kier alpha value is -1.01. The Labute approximate surface area is 142 Å². The van der Waals surface area contributed by atoms with Gasteiger partial charge in [0.1, 0.15) is 18.0 Å². The quantitative estimate of drug-likeness (QED) is 0.807. The minimum atomic E-state index is -0.551. The zero-order valence-electron chi connectivity index (χ0n) is 12.6. The van der Waals surface area contributed by atoms with E-state index in [1.165, 1.54) is 12.1 Å². The van der Waals surface area contributed by atoms with Gasteiger partial charge in [0, 0.05) is 0 Å². The predicted octanol–water partition coefficient (Wildman–Crippen LogP) is 4.68. The molecule has 1 aliphatic rings. The number of carbonyl (C=O) groups is 1. The summed E-state index contributed by atoms with van der Waals surface area (Å²) in [6.07, 6.45) is 1.11. The smallest absolute Gasteiger partial charge is 0.408 e. The molecule has 0 radical (unpaired) electrons. The number of hydrogen-bond donors (Lipinski definition) is 1. The van der Waals surface area contributed by atoms with E-state index in [9.17, 15) is 9.18 Å². The van der Waals surface area contributed by atoms with E-state index in [0.717, 1.165) is 12.8 Å². The molecule has 122 valence electrons. The van der Waals surface area contributed by atoms with Gasteiger partial charge in [0.05, 0.1) is 15.0 Å². The Bertz CT molecular complexity index is 562. The monoisotopic (exact) mass is 393 g/mol. The molecular weight excluding hydrogens is 377 g/mol. The molecule has 0 atom stereocenters. The largest absolute Gasteiger partial charge is 0.488 e. The summed E-state index contributed by atoms with van der Waals surface area (Å²) in [5.74, 6) is -0.0856. The van der Waals surface area contributed by atoms with Crippen LogP contribution in [0.1, 0.15) is 33.6 Å². The highest BCUT2D eigenvalue weighted by Crippen LogP contribution is 2.39. The van der Waals surface area contributed by atoms with Gasteiger partial charge in [-0.05, 0) is 61.7 Å². The Kier molecular flexibility index (Phi) is 4.92. The number of ether oxygens (including phenoxy) is 2. The minimum absolute atomic E-state index is 0.181. The van der Waals surface area contributed by atoms with Gasteiger partial charge in [-0.25, -0.2) is 9.18 Å². The molecule has 1 aromatic rings. The highest BCUT2D eigenvalue weighted by Gasteiger charge is 2.46. The summed E-state index contributed by atoms with van der Waals surface area (Å²) in [6, 6.07) is 2.46. The molecule has 4 nitrogen and oxygen atoms in total. The van der Waals surface area contributed by atoms with Crippen molar-refractivity contribution in [3.05, 3.63) is 27.4 Å². The lowest BCUT2D eigenvalue weighted by atomic mass is 10.2. The summed E-state index contributed by atoms with van der Waals surface area (Å²) < 4.78 is 24.5. The second-order valence-corrected chi connectivity index (χ2v) is 7.66. The first kappa shape index (κ1) is 17.3. The number of benzene rings is 1. The maximum absolute atomic E-state index is 13.2. The Morgan fingerprint density at radius 1 is 1.45 bits per heavy atom. The lowest BCUT2D eigenvalue weighted by Gasteiger charge is -2.23. The molecule has 7 heteroatoms. The fourth-order valence-corrected chi connectivity index (χ4v) is 2.78. The minimum Gasteiger partial charge on any atom is -0.488 e. The third-order valence-electron chi connectivity index (χ3n) is 3.08. The third-order valence-corrected chi connectivity index (χ3v) is 3.95. The van der Waals surface area contributed by atoms with Crippen LogP contribution in [-0.2, 0) is 4.74 Å². The second-order valence-electron chi connectivity index (χ2n) is 6.39. The standard InChI is InChI=1S/C15H18BrClFNO3/c1-14(2,3)22-13(20)19-15(4-5-15)8-21-12-10(16)6-9(18)7-11(12)17/h6-7H,4-5,8H2,1-3H3,(H,19,20). The van der Waals surface area contributed by atoms with Gasteiger partial charge >= 0.3 is 6.09 Å². The lowest BCUT2D eigenvalue weighted by molar-refractivity contribution is 0.0477. The van der Waals surface area contributed by atoms with Crippen LogP contribution in [0.15, 0.2) is 16.6 Å². The zero-order chi connectivity index (χ0) is 16.5. The van der Waals surface area contributed by atoms with Gasteiger partial charge in [-0.15, -0.1) is 0 Å². The summed E-state index contributed by atoms with van der Waals surface area (Å²) in [5, 5.41) is 3.01. The number of carbonyl (C=O) groups excluding carboxylic acids is 1. The van der Waals surface area contributed by atoms with Crippen molar-refractivity contribution in [2.75, 3.05) is 6.61 Å². The van der Waals surface area contributed by atoms with Crippen LogP contribution in [-0.4, -0.2) is 23.8 Å². The molecule has 1 amide bonds. The molecular formula is C15H18BrClFNO3. The van der Waals surface area contributed by atoms with Crippen molar-refractivity contribution in [1.29, 1.82) is 0 Å². The summed E-state index contributed by atoms with van der Waals surface area (Å²) in [5.41, 5.74) is -0.996. The van der Waals surface area contributed by atoms with Crippen LogP contribution >= 0.6 is 27.5 Å². The first-order valence-electron chi connectivity index (χ1n) is 6.89. The van der Waals surface area contributed by atoms with E-state index >= 15 is 0 Å². The van der Waals surface area contributed by atoms with Crippen LogP contribution in [0, 0.1) is 5.82 Å². The van der Waals surface area contributed by atoms with E-state index in [1.807, 2.05) is 0 Å². The van der Waals surface area contributed by atoms with Gasteiger partial charge in [0.25, 0.3) is 0 Å². The van der Waals surface area contributed by atoms with Gasteiger partial charge in [-0.1, -0.05) is 11.6 Å². The van der Waals surface area contributed by atoms with E-state index in [1.54, 1.807) is 20.8 Å². The van der Waals surface area contributed by atoms with Crippen LogP contribution in [0.5, 0.6) is 5.75 Å². The Morgan fingerprint density at radius 3 is 2.59 bits per heavy atom. The summed E-state index contributed by atoms with van der Waals surface area (Å²) in [7, 11) is 0. The van der Waals surface area contributed by atoms with Crippen LogP contribution in [0.3, 0.4) is 0 Å². The first-order chi connectivity index (χ1) is 10.1. The number of halogens is 3. The van der Waals surface area contributed by atoms with Gasteiger partial charge in [0.15, 0.2) is 5.75 Å². The molecule has 0 spiro atoms. The van der Waals surface area contributed by atoms with Crippen LogP contribution in [0.25, 0.3) is 0 Å². The summed E-state index contributed by atoms with van der Waals surface area (Å²) in [4.78, 5) is 11.8. The van der Waals surface area contributed by atoms with Gasteiger partial charge < -0.3 is 14.8 Å². The van der Waals surface area contributed by atoms with E-state index in [-0.39, 0.29) is 11.6 Å². The van der Waals surface area contributed by atoms with E-state index in [4.69, 9.17) is 21.1 Å². The average Bonchev–Trinajstić information content (AvgIpc) is 3.04. The van der Waals surface area contributed by atoms with E-state index in [2.05, 4.69) is 21.2 Å². The maximum Gasteiger partial charge on any atom is 0.408 e. The molecule has 1 aromatic carbocycles. The number of alkyl carbamates (subject to hydrolysis) is 1. The number of rotatable bonds is 4. The fourth-order valence-electron chi connectivity index (χ4n) is 1.85. The van der Waals surface area contributed by atoms with Crippen molar-refractivity contribution in [2.24, 2.45) is 0 Å². The SMILES string of the molecule is CC(C)(C)OC(=O)NC1(COc2c(Cl)cc(F)cc2Br)CC1. The van der Waals surface area contributed by atoms with Crippen molar-refractivity contribution in [1.82, 2.24) is 5.32 Å². The third kappa shape index (κ3) is 4.74. The normalized spacial score (nSPS) is 16.1. The summed E-state index contributed by atoms with van der Waals surface area (Å²) in [6.45, 7) is 5.66. The van der Waals surface area contributed by atoms with Gasteiger partial charge in [0.2, 0.25) is 0 Å². The average molecular weight is 395 g/mol. The first-order valence-corrected chi connectivity index (χ1v) is 8.06. The highest BCUT2D eigenvalue weighted by atomic mass is 79.9. The molecule has 0 saturated heterocycles. The molecule has 0 aromatic heterocycles. The van der Waals surface area contributed by atoms with Gasteiger partial charge in [-0.2, -0.15) is 0 Å². The number of amides is 1. The van der Waals surface area contributed by atoms with Crippen molar-refractivity contribution in [3.63, 3.8) is 0 Å². The van der Waals surface area contributed by atoms with Crippen LogP contribution < -0.4 is 10.1 Å². The maximum atomic E-state index is 13.2. The van der Waals surface area contributed by atoms with Crippen molar-refractivity contribution in [2.45, 2.75) is 44.8 Å². The number of nitrogens with one attached hydrogen (secondary N) is 1. The fraction of sp³-hybridized carbons (Fsp3) is 0.533. The molecule has 0 unspecified atom stereocenters. The van der Waals surface area contributed by atoms with Crippen LogP contribution in [0.2, 0.25) is 5.02 Å². The summed E-state index contributed by atoms with van der Waals surface area (Å²) >= 11 is 9.19. The van der Waals surface area contributed by atoms with Crippen molar-refractivity contribution >= 4 is 33.6 Å². The molecule has 1 aliphatic carbocycles. The lowest BCUT2D eigenvalue weighted by Crippen LogP contribution is -2.44. The van der Waals surface area contributed by atoms with E-state index < -0.39 is 23.1 Å². The molecule has 0 bridgehead atoms. The molecule has 2 rings (SSSR count). The van der Waals surface area contributed by atoms with E-state index in [0.29, 0.717) is 10.2 Å². The molecule has 1 fully saturated rings. The molecule has 0 aliphatic heterocycles. The highest BCUT2D eigenvalue weighted by molar-refractivity contribution is 9.10. The Balaban J connectivity index is 1.96. The zero-order valence-corrected chi connectivity index (χ0v) is 15.0. The molecule has 1 N–H and O–H groups in total. The van der Waals surface area contributed by atoms with Crippen molar-refractivity contribution in [3.8, 4) is 5.75 Å². The number of hydrogen-bond acceptors (Lipinski definition) is 3. The molecule has 0 heterocycles. The second kappa shape index (κ2) is 6.24.